The molecule has 5 nitrogen and oxygen atoms in total. The first-order valence-corrected chi connectivity index (χ1v) is 7.29. The number of carbonyl (C=O) groups excluding carboxylic acids is 1. The molecule has 1 saturated carbocycles. The predicted octanol–water partition coefficient (Wildman–Crippen LogP) is 1.25. The smallest absolute Gasteiger partial charge is 0.308 e. The molecule has 19 heavy (non-hydrogen) atoms. The highest BCUT2D eigenvalue weighted by atomic mass is 16.4. The molecule has 2 unspecified atom stereocenters. The highest BCUT2D eigenvalue weighted by Gasteiger charge is 2.34. The van der Waals surface area contributed by atoms with Gasteiger partial charge in [-0.2, -0.15) is 0 Å². The van der Waals surface area contributed by atoms with Gasteiger partial charge in [-0.3, -0.25) is 9.59 Å². The number of aliphatic hydroxyl groups is 1. The molecule has 0 aromatic carbocycles. The summed E-state index contributed by atoms with van der Waals surface area (Å²) in [5.74, 6) is -1.52. The normalized spacial score (nSPS) is 27.0. The SMILES string of the molecule is O=C(O)C1CCCN(C(=O)C(O)C2CCCCC2)C1. The first-order valence-electron chi connectivity index (χ1n) is 7.29. The average molecular weight is 269 g/mol. The summed E-state index contributed by atoms with van der Waals surface area (Å²) in [6.07, 6.45) is 5.54. The number of nitrogens with zero attached hydrogens (tertiary/aromatic N) is 1. The number of aliphatic hydroxyl groups excluding tert-OH is 1. The third-order valence-electron chi connectivity index (χ3n) is 4.43. The summed E-state index contributed by atoms with van der Waals surface area (Å²) in [4.78, 5) is 24.8. The Labute approximate surface area is 113 Å². The summed E-state index contributed by atoms with van der Waals surface area (Å²) in [5.41, 5.74) is 0. The molecular formula is C14H23NO4. The second kappa shape index (κ2) is 6.37. The lowest BCUT2D eigenvalue weighted by atomic mass is 9.84. The van der Waals surface area contributed by atoms with E-state index in [9.17, 15) is 14.7 Å². The second-order valence-corrected chi connectivity index (χ2v) is 5.80. The van der Waals surface area contributed by atoms with Crippen LogP contribution in [0.4, 0.5) is 0 Å². The van der Waals surface area contributed by atoms with Gasteiger partial charge in [0.05, 0.1) is 5.92 Å². The molecule has 2 atom stereocenters. The topological polar surface area (TPSA) is 77.8 Å². The van der Waals surface area contributed by atoms with Crippen molar-refractivity contribution in [2.75, 3.05) is 13.1 Å². The number of carboxylic acids is 1. The molecule has 1 aliphatic carbocycles. The van der Waals surface area contributed by atoms with Crippen molar-refractivity contribution < 1.29 is 19.8 Å². The van der Waals surface area contributed by atoms with Gasteiger partial charge in [-0.05, 0) is 31.6 Å². The Morgan fingerprint density at radius 1 is 1.05 bits per heavy atom. The van der Waals surface area contributed by atoms with Crippen LogP contribution in [0.15, 0.2) is 0 Å². The summed E-state index contributed by atoms with van der Waals surface area (Å²) in [5, 5.41) is 19.2. The van der Waals surface area contributed by atoms with E-state index < -0.39 is 18.0 Å². The number of hydrogen-bond donors (Lipinski definition) is 2. The Bertz CT molecular complexity index is 338. The maximum atomic E-state index is 12.2. The Morgan fingerprint density at radius 3 is 2.37 bits per heavy atom. The Morgan fingerprint density at radius 2 is 1.74 bits per heavy atom. The summed E-state index contributed by atoms with van der Waals surface area (Å²) in [6, 6.07) is 0. The lowest BCUT2D eigenvalue weighted by Gasteiger charge is -2.34. The molecule has 1 amide bonds. The molecule has 0 aromatic rings. The quantitative estimate of drug-likeness (QED) is 0.808. The summed E-state index contributed by atoms with van der Waals surface area (Å²) in [6.45, 7) is 0.824. The molecule has 0 bridgehead atoms. The van der Waals surface area contributed by atoms with E-state index in [-0.39, 0.29) is 18.4 Å². The van der Waals surface area contributed by atoms with Crippen molar-refractivity contribution in [1.82, 2.24) is 4.90 Å². The lowest BCUT2D eigenvalue weighted by molar-refractivity contribution is -0.150. The van der Waals surface area contributed by atoms with Gasteiger partial charge in [0.2, 0.25) is 0 Å². The highest BCUT2D eigenvalue weighted by Crippen LogP contribution is 2.28. The fraction of sp³-hybridized carbons (Fsp3) is 0.857. The van der Waals surface area contributed by atoms with Crippen LogP contribution in [0.5, 0.6) is 0 Å². The largest absolute Gasteiger partial charge is 0.481 e. The zero-order valence-electron chi connectivity index (χ0n) is 11.3. The zero-order valence-corrected chi connectivity index (χ0v) is 11.3. The molecule has 1 heterocycles. The van der Waals surface area contributed by atoms with E-state index in [1.807, 2.05) is 0 Å². The minimum Gasteiger partial charge on any atom is -0.481 e. The van der Waals surface area contributed by atoms with E-state index in [1.54, 1.807) is 4.90 Å². The van der Waals surface area contributed by atoms with E-state index in [0.29, 0.717) is 19.4 Å². The van der Waals surface area contributed by atoms with Gasteiger partial charge in [-0.1, -0.05) is 19.3 Å². The average Bonchev–Trinajstić information content (AvgIpc) is 2.46. The molecule has 2 rings (SSSR count). The van der Waals surface area contributed by atoms with Crippen LogP contribution in [0, 0.1) is 11.8 Å². The molecule has 2 N–H and O–H groups in total. The maximum Gasteiger partial charge on any atom is 0.308 e. The number of rotatable bonds is 3. The number of aliphatic carboxylic acids is 1. The van der Waals surface area contributed by atoms with Crippen molar-refractivity contribution >= 4 is 11.9 Å². The number of hydrogen-bond acceptors (Lipinski definition) is 3. The number of likely N-dealkylation sites (tertiary alicyclic amines) is 1. The van der Waals surface area contributed by atoms with Crippen molar-refractivity contribution in [3.05, 3.63) is 0 Å². The van der Waals surface area contributed by atoms with Gasteiger partial charge in [-0.25, -0.2) is 0 Å². The van der Waals surface area contributed by atoms with E-state index in [0.717, 1.165) is 25.7 Å². The number of amides is 1. The van der Waals surface area contributed by atoms with Gasteiger partial charge in [0.15, 0.2) is 0 Å². The van der Waals surface area contributed by atoms with Crippen LogP contribution in [0.25, 0.3) is 0 Å². The number of piperidine rings is 1. The number of carbonyl (C=O) groups is 2. The lowest BCUT2D eigenvalue weighted by Crippen LogP contribution is -2.48. The molecule has 0 radical (unpaired) electrons. The van der Waals surface area contributed by atoms with E-state index in [2.05, 4.69) is 0 Å². The van der Waals surface area contributed by atoms with Crippen molar-refractivity contribution in [2.24, 2.45) is 11.8 Å². The van der Waals surface area contributed by atoms with Crippen LogP contribution >= 0.6 is 0 Å². The van der Waals surface area contributed by atoms with Gasteiger partial charge >= 0.3 is 5.97 Å². The Balaban J connectivity index is 1.92. The molecule has 5 heteroatoms. The molecule has 2 aliphatic rings. The molecule has 2 fully saturated rings. The summed E-state index contributed by atoms with van der Waals surface area (Å²) in [7, 11) is 0. The molecule has 1 saturated heterocycles. The van der Waals surface area contributed by atoms with Crippen LogP contribution in [0.2, 0.25) is 0 Å². The zero-order chi connectivity index (χ0) is 13.8. The van der Waals surface area contributed by atoms with Crippen LogP contribution in [-0.4, -0.2) is 46.2 Å². The van der Waals surface area contributed by atoms with Crippen molar-refractivity contribution in [3.8, 4) is 0 Å². The van der Waals surface area contributed by atoms with Gasteiger partial charge < -0.3 is 15.1 Å². The van der Waals surface area contributed by atoms with E-state index >= 15 is 0 Å². The monoisotopic (exact) mass is 269 g/mol. The van der Waals surface area contributed by atoms with Gasteiger partial charge in [-0.15, -0.1) is 0 Å². The van der Waals surface area contributed by atoms with Gasteiger partial charge in [0.25, 0.3) is 5.91 Å². The van der Waals surface area contributed by atoms with Crippen LogP contribution in [0.3, 0.4) is 0 Å². The van der Waals surface area contributed by atoms with Crippen molar-refractivity contribution in [3.63, 3.8) is 0 Å². The van der Waals surface area contributed by atoms with Crippen LogP contribution in [0.1, 0.15) is 44.9 Å². The van der Waals surface area contributed by atoms with Gasteiger partial charge in [0.1, 0.15) is 6.10 Å². The standard InChI is InChI=1S/C14H23NO4/c16-12(10-5-2-1-3-6-10)13(17)15-8-4-7-11(9-15)14(18)19/h10-12,16H,1-9H2,(H,18,19). The van der Waals surface area contributed by atoms with Gasteiger partial charge in [0, 0.05) is 13.1 Å². The van der Waals surface area contributed by atoms with Crippen LogP contribution < -0.4 is 0 Å². The third kappa shape index (κ3) is 3.47. The Kier molecular flexibility index (Phi) is 4.80. The minimum atomic E-state index is -0.937. The Hall–Kier alpha value is -1.10. The van der Waals surface area contributed by atoms with Crippen LogP contribution in [-0.2, 0) is 9.59 Å². The first kappa shape index (κ1) is 14.3. The van der Waals surface area contributed by atoms with Crippen molar-refractivity contribution in [2.45, 2.75) is 51.0 Å². The van der Waals surface area contributed by atoms with Crippen molar-refractivity contribution in [1.29, 1.82) is 0 Å². The molecule has 0 spiro atoms. The number of carboxylic acid groups (broad SMARTS) is 1. The highest BCUT2D eigenvalue weighted by molar-refractivity contribution is 5.82. The maximum absolute atomic E-state index is 12.2. The molecule has 1 aliphatic heterocycles. The summed E-state index contributed by atoms with van der Waals surface area (Å²) >= 11 is 0. The third-order valence-corrected chi connectivity index (χ3v) is 4.43. The summed E-state index contributed by atoms with van der Waals surface area (Å²) < 4.78 is 0. The molecular weight excluding hydrogens is 246 g/mol. The first-order chi connectivity index (χ1) is 9.09. The predicted molar refractivity (Wildman–Crippen MR) is 69.5 cm³/mol. The fourth-order valence-corrected chi connectivity index (χ4v) is 3.22. The second-order valence-electron chi connectivity index (χ2n) is 5.80. The van der Waals surface area contributed by atoms with E-state index in [4.69, 9.17) is 5.11 Å². The van der Waals surface area contributed by atoms with E-state index in [1.165, 1.54) is 6.42 Å². The molecule has 108 valence electrons. The fourth-order valence-electron chi connectivity index (χ4n) is 3.22. The minimum absolute atomic E-state index is 0.0615. The molecule has 0 aromatic heterocycles.